The summed E-state index contributed by atoms with van der Waals surface area (Å²) in [5, 5.41) is 58.1. The van der Waals surface area contributed by atoms with E-state index in [2.05, 4.69) is 63.1 Å². The number of aromatic nitrogens is 2. The fraction of sp³-hybridized carbons (Fsp3) is 0.560. The molecule has 0 bridgehead atoms. The summed E-state index contributed by atoms with van der Waals surface area (Å²) < 4.78 is 11.0. The van der Waals surface area contributed by atoms with E-state index in [4.69, 9.17) is 37.8 Å². The minimum Gasteiger partial charge on any atom is -0.493 e. The minimum absolute atomic E-state index is 0.00116. The number of carbonyl (C=O) groups excluding carboxylic acids is 17. The number of amides is 16. The Morgan fingerprint density at radius 1 is 0.570 bits per heavy atom. The summed E-state index contributed by atoms with van der Waals surface area (Å²) in [4.78, 5) is 262. The van der Waals surface area contributed by atoms with Crippen LogP contribution in [0.3, 0.4) is 0 Å². The molecule has 16 amide bonds. The number of methoxy groups -OCH3 is 2. The Morgan fingerprint density at radius 3 is 1.71 bits per heavy atom. The topological polar surface area (TPSA) is 645 Å². The van der Waals surface area contributed by atoms with E-state index in [0.717, 1.165) is 31.4 Å². The molecular formula is C91H132N22O21S. The third-order valence-corrected chi connectivity index (χ3v) is 25.5. The highest BCUT2D eigenvalue weighted by Gasteiger charge is 2.47. The van der Waals surface area contributed by atoms with E-state index in [1.54, 1.807) is 93.0 Å². The monoisotopic (exact) mass is 1900 g/mol. The number of fused-ring (bicyclic) bond motifs is 4. The summed E-state index contributed by atoms with van der Waals surface area (Å²) in [6.45, 7) is 5.50. The van der Waals surface area contributed by atoms with Gasteiger partial charge in [-0.1, -0.05) is 95.8 Å². The Balaban J connectivity index is 1.20. The lowest BCUT2D eigenvalue weighted by Crippen LogP contribution is -2.62. The molecule has 0 radical (unpaired) electrons. The molecule has 3 aliphatic heterocycles. The van der Waals surface area contributed by atoms with Gasteiger partial charge in [-0.2, -0.15) is 11.8 Å². The first-order valence-electron chi connectivity index (χ1n) is 45.4. The molecule has 15 atom stereocenters. The number of likely N-dealkylation sites (N-methyl/N-ethyl adjacent to an activating group) is 3. The van der Waals surface area contributed by atoms with Gasteiger partial charge in [0, 0.05) is 119 Å². The van der Waals surface area contributed by atoms with Gasteiger partial charge in [-0.3, -0.25) is 86.9 Å². The Hall–Kier alpha value is -13.0. The van der Waals surface area contributed by atoms with Crippen molar-refractivity contribution in [3.8, 4) is 11.5 Å². The molecule has 5 aromatic rings. The Morgan fingerprint density at radius 2 is 1.11 bits per heavy atom. The number of nitrogens with zero attached hydrogens (tertiary/aromatic N) is 5. The predicted octanol–water partition coefficient (Wildman–Crippen LogP) is -2.53. The van der Waals surface area contributed by atoms with Crippen molar-refractivity contribution in [2.24, 2.45) is 34.8 Å². The van der Waals surface area contributed by atoms with Crippen LogP contribution < -0.4 is 85.6 Å². The van der Waals surface area contributed by atoms with Crippen LogP contribution in [0.2, 0.25) is 0 Å². The lowest BCUT2D eigenvalue weighted by Gasteiger charge is -2.36. The SMILES string of the molecule is CCCC[C@H]1C(=O)N(C)[C@@H](CCCC)C(=O)N[C@@H](CCCNC(=N)N)C(=O)C[C@H](C(=O)NCC(N)=O)CSCC(=O)N[C@@H](Cc2ccc(OC)c(OC)c2)C(=O)N(C)[C@@H](C)C(=O)N[C@@H](CC(N)=O)C(=O)N2CCC[C@H]2C(=O)N[C@@H](CN)C(=O)N[C@@H](CC(C)C)C(=O)N2C[C@H](O)C[C@H]2C(=O)N[C@@H](Cc2c[nH]c3ccccc23)C(=O)N[C@@H](CO)C(=O)N[C@@H](Cc2c[nH]c3ccccc23)C(=O)N1C. The largest absolute Gasteiger partial charge is 0.493 e. The maximum atomic E-state index is 15.8. The normalized spacial score (nSPS) is 24.8. The highest BCUT2D eigenvalue weighted by molar-refractivity contribution is 7.99. The first-order valence-corrected chi connectivity index (χ1v) is 46.6. The second kappa shape index (κ2) is 51.5. The molecule has 135 heavy (non-hydrogen) atoms. The maximum Gasteiger partial charge on any atom is 0.246 e. The smallest absolute Gasteiger partial charge is 0.246 e. The van der Waals surface area contributed by atoms with Crippen LogP contribution in [0.15, 0.2) is 79.1 Å². The van der Waals surface area contributed by atoms with Gasteiger partial charge < -0.3 is 130 Å². The Labute approximate surface area is 787 Å². The number of aliphatic hydroxyl groups excluding tert-OH is 2. The van der Waals surface area contributed by atoms with E-state index in [9.17, 15) is 48.6 Å². The van der Waals surface area contributed by atoms with Crippen molar-refractivity contribution >= 4 is 140 Å². The van der Waals surface area contributed by atoms with E-state index in [1.165, 1.54) is 47.2 Å². The van der Waals surface area contributed by atoms with E-state index < -0.39 is 242 Å². The minimum atomic E-state index is -1.89. The zero-order valence-electron chi connectivity index (χ0n) is 78.0. The first kappa shape index (κ1) is 107. The first-order chi connectivity index (χ1) is 64.3. The van der Waals surface area contributed by atoms with Crippen LogP contribution in [0, 0.1) is 17.2 Å². The highest BCUT2D eigenvalue weighted by atomic mass is 32.2. The van der Waals surface area contributed by atoms with Crippen molar-refractivity contribution in [3.63, 3.8) is 0 Å². The average molecular weight is 1900 g/mol. The number of aliphatic hydroxyl groups is 2. The quantitative estimate of drug-likeness (QED) is 0.0146. The van der Waals surface area contributed by atoms with Crippen molar-refractivity contribution in [2.45, 2.75) is 228 Å². The number of rotatable bonds is 27. The number of ether oxygens (including phenoxy) is 2. The molecule has 3 saturated heterocycles. The number of ketones is 1. The molecule has 5 heterocycles. The molecular weight excluding hydrogens is 1770 g/mol. The molecule has 738 valence electrons. The molecule has 3 aliphatic rings. The van der Waals surface area contributed by atoms with Gasteiger partial charge in [0.25, 0.3) is 0 Å². The lowest BCUT2D eigenvalue weighted by atomic mass is 9.95. The molecule has 3 aromatic carbocycles. The van der Waals surface area contributed by atoms with Gasteiger partial charge in [0.05, 0.1) is 57.6 Å². The number of Topliss-reactive ketones (excluding diaryl/α,β-unsaturated/α-hetero) is 1. The fourth-order valence-corrected chi connectivity index (χ4v) is 17.8. The van der Waals surface area contributed by atoms with Gasteiger partial charge in [-0.05, 0) is 98.7 Å². The molecule has 0 aliphatic carbocycles. The standard InChI is InChI=1S/C91H132N22O21S/c1-11-13-26-68-83(125)102-60(25-19-31-97-91(95)96)72(116)38-54(79(121)100-44-76(94)118)47-135-48-77(119)101-63(34-51-29-30-73(133-9)74(35-51)134-10)86(128)109(6)50(5)78(120)104-65(40-75(93)117)88(130)112-32-20-28-69(112)84(126)107-66(41-92)81(123)105-62(33-49(3)4)89(131)113-45-55(115)39-71(113)85(127)103-61(36-52-42-98-58-23-17-15-21-56(52)58)80(122)108-67(46-114)82(124)106-64(37-53-43-99-59-24-18-16-22-57(53)59)87(129)111(8)70(27-14-12-2)90(132)110(68)7/h15-18,21-24,29-30,35,42-43,49-50,54-55,60-71,98-99,114-115H,11-14,19-20,25-28,31-34,36-41,44-48,92H2,1-10H3,(H2,93,117)(H2,94,118)(H,100,121)(H,101,119)(H,102,125)(H,103,127)(H,104,120)(H,105,123)(H,106,124)(H,107,126)(H,108,122)(H4,95,96,97)/t50-,54-,55+,60-,61-,62-,63-,64-,65-,66-,67-,68-,69-,70-,71-/m0/s1. The van der Waals surface area contributed by atoms with Crippen LogP contribution in [0.1, 0.15) is 141 Å². The van der Waals surface area contributed by atoms with E-state index in [0.29, 0.717) is 69.9 Å². The van der Waals surface area contributed by atoms with Gasteiger partial charge in [0.15, 0.2) is 23.2 Å². The molecule has 23 N–H and O–H groups in total. The Kier molecular flexibility index (Phi) is 40.9. The second-order valence-electron chi connectivity index (χ2n) is 34.8. The summed E-state index contributed by atoms with van der Waals surface area (Å²) in [5.74, 6) is -18.2. The van der Waals surface area contributed by atoms with Gasteiger partial charge in [0.2, 0.25) is 94.5 Å². The summed E-state index contributed by atoms with van der Waals surface area (Å²) in [7, 11) is 6.71. The highest BCUT2D eigenvalue weighted by Crippen LogP contribution is 2.31. The molecule has 0 saturated carbocycles. The summed E-state index contributed by atoms with van der Waals surface area (Å²) in [5.41, 5.74) is 25.7. The zero-order chi connectivity index (χ0) is 99.2. The number of carbonyl (C=O) groups is 17. The van der Waals surface area contributed by atoms with Crippen molar-refractivity contribution < 1.29 is 101 Å². The van der Waals surface area contributed by atoms with Crippen LogP contribution in [-0.2, 0) is 101 Å². The number of nitrogens with two attached hydrogens (primary N) is 4. The number of hydrogen-bond acceptors (Lipinski definition) is 24. The molecule has 2 aromatic heterocycles. The molecule has 0 unspecified atom stereocenters. The van der Waals surface area contributed by atoms with Crippen molar-refractivity contribution in [1.82, 2.24) is 87.6 Å². The van der Waals surface area contributed by atoms with E-state index >= 15 is 43.2 Å². The number of para-hydroxylation sites is 2. The van der Waals surface area contributed by atoms with E-state index in [-0.39, 0.29) is 101 Å². The van der Waals surface area contributed by atoms with Crippen LogP contribution in [-0.4, -0.2) is 322 Å². The van der Waals surface area contributed by atoms with Crippen LogP contribution in [0.5, 0.6) is 11.5 Å². The number of aromatic amines is 2. The number of thioether (sulfide) groups is 1. The van der Waals surface area contributed by atoms with Crippen molar-refractivity contribution in [2.75, 3.05) is 86.2 Å². The van der Waals surface area contributed by atoms with Crippen LogP contribution >= 0.6 is 11.8 Å². The lowest BCUT2D eigenvalue weighted by molar-refractivity contribution is -0.149. The maximum absolute atomic E-state index is 15.8. The van der Waals surface area contributed by atoms with Crippen LogP contribution in [0.25, 0.3) is 21.8 Å². The zero-order valence-corrected chi connectivity index (χ0v) is 78.8. The van der Waals surface area contributed by atoms with Gasteiger partial charge in [-0.15, -0.1) is 0 Å². The van der Waals surface area contributed by atoms with E-state index in [1.807, 2.05) is 13.8 Å². The predicted molar refractivity (Wildman–Crippen MR) is 499 cm³/mol. The second-order valence-corrected chi connectivity index (χ2v) is 35.8. The number of H-pyrrole nitrogens is 2. The van der Waals surface area contributed by atoms with Gasteiger partial charge in [-0.25, -0.2) is 0 Å². The summed E-state index contributed by atoms with van der Waals surface area (Å²) >= 11 is 0.827. The molecule has 44 heteroatoms. The van der Waals surface area contributed by atoms with Crippen molar-refractivity contribution in [3.05, 3.63) is 95.8 Å². The van der Waals surface area contributed by atoms with Gasteiger partial charge >= 0.3 is 0 Å². The summed E-state index contributed by atoms with van der Waals surface area (Å²) in [6.07, 6.45) is 0.806. The number of nitrogens with one attached hydrogen (secondary N) is 13. The molecule has 43 nitrogen and oxygen atoms in total. The Bertz CT molecular complexity index is 5070. The molecule has 8 rings (SSSR count). The van der Waals surface area contributed by atoms with Crippen LogP contribution in [0.4, 0.5) is 0 Å². The third-order valence-electron chi connectivity index (χ3n) is 24.4. The number of guanidine groups is 1. The number of unbranched alkanes of at least 4 members (excludes halogenated alkanes) is 2. The number of hydrogen-bond donors (Lipinski definition) is 19. The third kappa shape index (κ3) is 29.8. The fourth-order valence-electron chi connectivity index (χ4n) is 16.8. The average Bonchev–Trinajstić information content (AvgIpc) is 1.63. The van der Waals surface area contributed by atoms with Crippen molar-refractivity contribution in [1.29, 1.82) is 5.41 Å². The summed E-state index contributed by atoms with van der Waals surface area (Å²) in [6, 6.07) is -1.37. The number of benzene rings is 3. The number of primary amides is 2. The van der Waals surface area contributed by atoms with Gasteiger partial charge in [0.1, 0.15) is 72.5 Å². The molecule has 0 spiro atoms. The molecule has 3 fully saturated rings.